The van der Waals surface area contributed by atoms with Crippen molar-refractivity contribution in [2.75, 3.05) is 33.4 Å². The molecule has 2 heterocycles. The normalized spacial score (nSPS) is 9.91. The number of nitrogens with zero attached hydrogens (tertiary/aromatic N) is 2. The van der Waals surface area contributed by atoms with Gasteiger partial charge in [-0.2, -0.15) is 5.10 Å². The Balaban J connectivity index is 0.00000220. The van der Waals surface area contributed by atoms with Crippen LogP contribution in [0.5, 0.6) is 0 Å². The largest absolute Gasteiger partial charge is 0.383 e. The van der Waals surface area contributed by atoms with E-state index in [-0.39, 0.29) is 30.7 Å². The number of pyridine rings is 1. The highest BCUT2D eigenvalue weighted by atomic mass is 35.5. The van der Waals surface area contributed by atoms with Crippen LogP contribution in [0.4, 0.5) is 0 Å². The lowest BCUT2D eigenvalue weighted by Gasteiger charge is -2.06. The maximum Gasteiger partial charge on any atom is 0.252 e. The summed E-state index contributed by atoms with van der Waals surface area (Å²) in [5.74, 6) is -0.131. The molecule has 0 unspecified atom stereocenters. The first-order valence-electron chi connectivity index (χ1n) is 6.51. The van der Waals surface area contributed by atoms with Crippen LogP contribution in [0.3, 0.4) is 0 Å². The average Bonchev–Trinajstić information content (AvgIpc) is 2.83. The lowest BCUT2D eigenvalue weighted by Crippen LogP contribution is -2.33. The fraction of sp³-hybridized carbons (Fsp3) is 0.462. The molecule has 0 bridgehead atoms. The molecule has 124 valence electrons. The fourth-order valence-electron chi connectivity index (χ4n) is 1.81. The molecule has 3 N–H and O–H groups in total. The zero-order valence-corrected chi connectivity index (χ0v) is 14.1. The van der Waals surface area contributed by atoms with Gasteiger partial charge in [0.25, 0.3) is 5.91 Å². The first kappa shape index (κ1) is 20.6. The van der Waals surface area contributed by atoms with Gasteiger partial charge in [-0.3, -0.25) is 9.89 Å². The smallest absolute Gasteiger partial charge is 0.252 e. The Kier molecular flexibility index (Phi) is 9.68. The molecule has 0 aliphatic rings. The molecule has 0 atom stereocenters. The Labute approximate surface area is 141 Å². The number of carbonyl (C=O) groups is 1. The van der Waals surface area contributed by atoms with Gasteiger partial charge in [-0.15, -0.1) is 24.8 Å². The molecule has 22 heavy (non-hydrogen) atoms. The van der Waals surface area contributed by atoms with Gasteiger partial charge in [0.05, 0.1) is 12.2 Å². The van der Waals surface area contributed by atoms with Gasteiger partial charge in [0.1, 0.15) is 0 Å². The zero-order valence-electron chi connectivity index (χ0n) is 12.5. The lowest BCUT2D eigenvalue weighted by atomic mass is 10.2. The summed E-state index contributed by atoms with van der Waals surface area (Å²) in [6, 6.07) is 1.80. The third-order valence-electron chi connectivity index (χ3n) is 2.93. The molecule has 0 aromatic carbocycles. The van der Waals surface area contributed by atoms with Gasteiger partial charge in [0, 0.05) is 44.0 Å². The van der Waals surface area contributed by atoms with Gasteiger partial charge in [-0.25, -0.2) is 4.98 Å². The van der Waals surface area contributed by atoms with E-state index in [0.717, 1.165) is 17.6 Å². The minimum Gasteiger partial charge on any atom is -0.383 e. The summed E-state index contributed by atoms with van der Waals surface area (Å²) in [6.45, 7) is 4.60. The average molecular weight is 350 g/mol. The van der Waals surface area contributed by atoms with E-state index in [1.165, 1.54) is 6.20 Å². The van der Waals surface area contributed by atoms with Gasteiger partial charge in [-0.1, -0.05) is 0 Å². The summed E-state index contributed by atoms with van der Waals surface area (Å²) in [6.07, 6.45) is 1.54. The molecule has 0 fully saturated rings. The van der Waals surface area contributed by atoms with Gasteiger partial charge in [0.2, 0.25) is 0 Å². The fourth-order valence-corrected chi connectivity index (χ4v) is 1.81. The predicted molar refractivity (Wildman–Crippen MR) is 90.2 cm³/mol. The summed E-state index contributed by atoms with van der Waals surface area (Å²) in [4.78, 5) is 16.1. The minimum atomic E-state index is -0.131. The molecular weight excluding hydrogens is 329 g/mol. The maximum absolute atomic E-state index is 12.0. The number of H-pyrrole nitrogens is 1. The van der Waals surface area contributed by atoms with Crippen LogP contribution >= 0.6 is 24.8 Å². The Morgan fingerprint density at radius 2 is 2.09 bits per heavy atom. The summed E-state index contributed by atoms with van der Waals surface area (Å²) in [5.41, 5.74) is 2.07. The summed E-state index contributed by atoms with van der Waals surface area (Å²) in [5, 5.41) is 13.7. The molecule has 2 aromatic heterocycles. The molecule has 2 rings (SSSR count). The van der Waals surface area contributed by atoms with Crippen molar-refractivity contribution in [3.05, 3.63) is 23.5 Å². The van der Waals surface area contributed by atoms with E-state index >= 15 is 0 Å². The first-order valence-corrected chi connectivity index (χ1v) is 6.51. The Morgan fingerprint density at radius 3 is 2.82 bits per heavy atom. The molecule has 0 spiro atoms. The number of fused-ring (bicyclic) bond motifs is 1. The topological polar surface area (TPSA) is 91.9 Å². The van der Waals surface area contributed by atoms with Crippen LogP contribution in [0.15, 0.2) is 12.3 Å². The molecule has 9 heteroatoms. The SMILES string of the molecule is COCCNCCNC(=O)c1cnc2n[nH]c(C)c2c1.Cl.Cl. The van der Waals surface area contributed by atoms with E-state index in [4.69, 9.17) is 4.74 Å². The van der Waals surface area contributed by atoms with Crippen molar-refractivity contribution < 1.29 is 9.53 Å². The van der Waals surface area contributed by atoms with Crippen molar-refractivity contribution in [1.29, 1.82) is 0 Å². The van der Waals surface area contributed by atoms with Crippen LogP contribution in [0, 0.1) is 6.92 Å². The second-order valence-electron chi connectivity index (χ2n) is 4.44. The molecule has 0 saturated heterocycles. The third-order valence-corrected chi connectivity index (χ3v) is 2.93. The monoisotopic (exact) mass is 349 g/mol. The van der Waals surface area contributed by atoms with E-state index < -0.39 is 0 Å². The second kappa shape index (κ2) is 10.3. The quantitative estimate of drug-likeness (QED) is 0.650. The molecular formula is C13H21Cl2N5O2. The molecule has 0 aliphatic carbocycles. The van der Waals surface area contributed by atoms with Gasteiger partial charge < -0.3 is 15.4 Å². The van der Waals surface area contributed by atoms with Crippen LogP contribution in [0.25, 0.3) is 11.0 Å². The highest BCUT2D eigenvalue weighted by molar-refractivity contribution is 5.97. The van der Waals surface area contributed by atoms with Crippen LogP contribution < -0.4 is 10.6 Å². The van der Waals surface area contributed by atoms with E-state index in [1.54, 1.807) is 13.2 Å². The number of hydrogen-bond donors (Lipinski definition) is 3. The van der Waals surface area contributed by atoms with Crippen molar-refractivity contribution in [1.82, 2.24) is 25.8 Å². The van der Waals surface area contributed by atoms with Crippen LogP contribution in [-0.4, -0.2) is 54.4 Å². The number of nitrogens with one attached hydrogen (secondary N) is 3. The van der Waals surface area contributed by atoms with Crippen LogP contribution in [-0.2, 0) is 4.74 Å². The van der Waals surface area contributed by atoms with Crippen molar-refractivity contribution in [3.63, 3.8) is 0 Å². The molecule has 7 nitrogen and oxygen atoms in total. The van der Waals surface area contributed by atoms with Crippen molar-refractivity contribution in [2.45, 2.75) is 6.92 Å². The van der Waals surface area contributed by atoms with Crippen LogP contribution in [0.1, 0.15) is 16.1 Å². The summed E-state index contributed by atoms with van der Waals surface area (Å²) < 4.78 is 4.92. The standard InChI is InChI=1S/C13H19N5O2.2ClH/c1-9-11-7-10(8-16-12(11)18-17-9)13(19)15-4-3-14-5-6-20-2;;/h7-8,14H,3-6H2,1-2H3,(H,15,19)(H,16,17,18);2*1H. The minimum absolute atomic E-state index is 0. The summed E-state index contributed by atoms with van der Waals surface area (Å²) in [7, 11) is 1.66. The number of hydrogen-bond acceptors (Lipinski definition) is 5. The lowest BCUT2D eigenvalue weighted by molar-refractivity contribution is 0.0953. The molecule has 0 radical (unpaired) electrons. The number of methoxy groups -OCH3 is 1. The molecule has 2 aromatic rings. The number of rotatable bonds is 7. The molecule has 0 saturated carbocycles. The highest BCUT2D eigenvalue weighted by Crippen LogP contribution is 2.14. The van der Waals surface area contributed by atoms with Gasteiger partial charge >= 0.3 is 0 Å². The van der Waals surface area contributed by atoms with E-state index in [1.807, 2.05) is 6.92 Å². The maximum atomic E-state index is 12.0. The number of aromatic nitrogens is 3. The molecule has 1 amide bonds. The number of ether oxygens (including phenoxy) is 1. The van der Waals surface area contributed by atoms with Gasteiger partial charge in [0.15, 0.2) is 5.65 Å². The predicted octanol–water partition coefficient (Wildman–Crippen LogP) is 1.08. The first-order chi connectivity index (χ1) is 9.72. The Bertz CT molecular complexity index is 591. The second-order valence-corrected chi connectivity index (χ2v) is 4.44. The number of amides is 1. The van der Waals surface area contributed by atoms with E-state index in [0.29, 0.717) is 30.9 Å². The van der Waals surface area contributed by atoms with Crippen LogP contribution in [0.2, 0.25) is 0 Å². The molecule has 0 aliphatic heterocycles. The van der Waals surface area contributed by atoms with E-state index in [2.05, 4.69) is 25.8 Å². The summed E-state index contributed by atoms with van der Waals surface area (Å²) >= 11 is 0. The number of carbonyl (C=O) groups excluding carboxylic acids is 1. The van der Waals surface area contributed by atoms with E-state index in [9.17, 15) is 4.79 Å². The van der Waals surface area contributed by atoms with Crippen molar-refractivity contribution >= 4 is 41.8 Å². The van der Waals surface area contributed by atoms with Gasteiger partial charge in [-0.05, 0) is 13.0 Å². The number of halogens is 2. The number of aryl methyl sites for hydroxylation is 1. The van der Waals surface area contributed by atoms with Crippen molar-refractivity contribution in [3.8, 4) is 0 Å². The van der Waals surface area contributed by atoms with Crippen molar-refractivity contribution in [2.24, 2.45) is 0 Å². The zero-order chi connectivity index (χ0) is 14.4. The third kappa shape index (κ3) is 5.42. The Hall–Kier alpha value is -1.41. The number of aromatic amines is 1. The highest BCUT2D eigenvalue weighted by Gasteiger charge is 2.09. The Morgan fingerprint density at radius 1 is 1.32 bits per heavy atom.